The Bertz CT molecular complexity index is 1640. The van der Waals surface area contributed by atoms with E-state index in [1.165, 1.54) is 16.0 Å². The third-order valence-electron chi connectivity index (χ3n) is 8.42. The van der Waals surface area contributed by atoms with Crippen LogP contribution in [-0.2, 0) is 44.7 Å². The molecule has 1 saturated heterocycles. The van der Waals surface area contributed by atoms with Crippen molar-refractivity contribution in [3.05, 3.63) is 56.6 Å². The summed E-state index contributed by atoms with van der Waals surface area (Å²) in [6.45, 7) is 13.6. The molecule has 0 aliphatic carbocycles. The van der Waals surface area contributed by atoms with Gasteiger partial charge in [-0.25, -0.2) is 9.59 Å². The molecular weight excluding hydrogens is 745 g/mol. The molecule has 286 valence electrons. The Balaban J connectivity index is 0.000000234. The number of amides is 3. The van der Waals surface area contributed by atoms with Crippen LogP contribution in [0.1, 0.15) is 76.6 Å². The minimum Gasteiger partial charge on any atom is -0.461 e. The standard InChI is InChI=1S/C20H26ClNO4S.C18H25ClN2O3S/c1-20(2,3)26-19(24)22-10-8-13-4-6-16(21)18(15(13)9-11-22)27-12-14-5-7-17(23)25-14;1-18(2,3)24-16(22)21-10-8-12-6-7-14(19)15(13(12)9-11-21)25-17(23)20(4)5/h4,6,14H,5,7-12H2,1-3H3;6-7H,8-11H2,1-5H3. The number of thioether (sulfide) groups is 2. The number of carbonyl (C=O) groups excluding carboxylic acids is 4. The zero-order valence-electron chi connectivity index (χ0n) is 31.4. The maximum Gasteiger partial charge on any atom is 0.410 e. The fraction of sp³-hybridized carbons (Fsp3) is 0.579. The van der Waals surface area contributed by atoms with Gasteiger partial charge in [0.1, 0.15) is 17.3 Å². The number of halogens is 2. The molecule has 3 amide bonds. The first-order chi connectivity index (χ1) is 24.3. The minimum atomic E-state index is -0.515. The van der Waals surface area contributed by atoms with E-state index in [0.717, 1.165) is 58.4 Å². The van der Waals surface area contributed by atoms with E-state index in [1.54, 1.807) is 35.7 Å². The van der Waals surface area contributed by atoms with E-state index in [4.69, 9.17) is 37.4 Å². The lowest BCUT2D eigenvalue weighted by Gasteiger charge is -2.26. The molecule has 52 heavy (non-hydrogen) atoms. The van der Waals surface area contributed by atoms with Gasteiger partial charge in [0.25, 0.3) is 5.24 Å². The second kappa shape index (κ2) is 18.0. The number of cyclic esters (lactones) is 1. The summed E-state index contributed by atoms with van der Waals surface area (Å²) in [6, 6.07) is 7.79. The molecule has 1 atom stereocenters. The molecule has 0 spiro atoms. The van der Waals surface area contributed by atoms with E-state index < -0.39 is 11.2 Å². The Hall–Kier alpha value is -2.80. The van der Waals surface area contributed by atoms with Crippen molar-refractivity contribution >= 4 is 70.1 Å². The van der Waals surface area contributed by atoms with E-state index in [0.29, 0.717) is 54.8 Å². The maximum absolute atomic E-state index is 12.4. The highest BCUT2D eigenvalue weighted by Gasteiger charge is 2.29. The van der Waals surface area contributed by atoms with Crippen molar-refractivity contribution in [1.29, 1.82) is 0 Å². The Labute approximate surface area is 326 Å². The van der Waals surface area contributed by atoms with Crippen molar-refractivity contribution < 1.29 is 33.4 Å². The highest BCUT2D eigenvalue weighted by Crippen LogP contribution is 2.38. The number of hydrogen-bond donors (Lipinski definition) is 0. The fourth-order valence-electron chi connectivity index (χ4n) is 5.86. The largest absolute Gasteiger partial charge is 0.461 e. The third-order valence-corrected chi connectivity index (χ3v) is 11.8. The van der Waals surface area contributed by atoms with Gasteiger partial charge in [0.2, 0.25) is 0 Å². The normalized spacial score (nSPS) is 17.4. The first kappa shape index (κ1) is 41.9. The second-order valence-electron chi connectivity index (χ2n) is 15.2. The molecule has 1 fully saturated rings. The van der Waals surface area contributed by atoms with Crippen LogP contribution in [0.3, 0.4) is 0 Å². The zero-order chi connectivity index (χ0) is 38.4. The Morgan fingerprint density at radius 1 is 0.769 bits per heavy atom. The van der Waals surface area contributed by atoms with Gasteiger partial charge in [-0.05, 0) is 120 Å². The van der Waals surface area contributed by atoms with Crippen LogP contribution in [0.5, 0.6) is 0 Å². The fourth-order valence-corrected chi connectivity index (χ4v) is 8.58. The summed E-state index contributed by atoms with van der Waals surface area (Å²) >= 11 is 15.6. The molecule has 1 unspecified atom stereocenters. The molecule has 0 aromatic heterocycles. The smallest absolute Gasteiger partial charge is 0.410 e. The highest BCUT2D eigenvalue weighted by atomic mass is 35.5. The van der Waals surface area contributed by atoms with Crippen molar-refractivity contribution in [2.45, 2.75) is 107 Å². The van der Waals surface area contributed by atoms with Gasteiger partial charge in [-0.3, -0.25) is 9.59 Å². The minimum absolute atomic E-state index is 0.0431. The molecule has 2 aromatic carbocycles. The van der Waals surface area contributed by atoms with Gasteiger partial charge in [0, 0.05) is 62.2 Å². The Morgan fingerprint density at radius 3 is 1.67 bits per heavy atom. The topological polar surface area (TPSA) is 106 Å². The van der Waals surface area contributed by atoms with Gasteiger partial charge >= 0.3 is 18.2 Å². The van der Waals surface area contributed by atoms with Crippen LogP contribution in [0.15, 0.2) is 34.1 Å². The molecule has 2 aromatic rings. The van der Waals surface area contributed by atoms with E-state index in [1.807, 2.05) is 59.7 Å². The van der Waals surface area contributed by atoms with E-state index in [-0.39, 0.29) is 29.5 Å². The summed E-state index contributed by atoms with van der Waals surface area (Å²) < 4.78 is 16.3. The van der Waals surface area contributed by atoms with Crippen molar-refractivity contribution in [2.75, 3.05) is 46.0 Å². The number of esters is 1. The average Bonchev–Trinajstić information content (AvgIpc) is 3.20. The van der Waals surface area contributed by atoms with Crippen LogP contribution in [0, 0.1) is 0 Å². The molecule has 0 radical (unpaired) electrons. The summed E-state index contributed by atoms with van der Waals surface area (Å²) in [5.41, 5.74) is 3.58. The van der Waals surface area contributed by atoms with Crippen LogP contribution < -0.4 is 0 Å². The number of rotatable bonds is 4. The third kappa shape index (κ3) is 12.1. The molecule has 3 aliphatic rings. The van der Waals surface area contributed by atoms with Crippen LogP contribution in [0.2, 0.25) is 10.0 Å². The van der Waals surface area contributed by atoms with Gasteiger partial charge in [-0.1, -0.05) is 35.3 Å². The first-order valence-electron chi connectivity index (χ1n) is 17.6. The lowest BCUT2D eigenvalue weighted by molar-refractivity contribution is -0.140. The van der Waals surface area contributed by atoms with Gasteiger partial charge < -0.3 is 28.9 Å². The predicted molar refractivity (Wildman–Crippen MR) is 208 cm³/mol. The number of hydrogen-bond acceptors (Lipinski definition) is 9. The second-order valence-corrected chi connectivity index (χ2v) is 18.0. The molecule has 0 N–H and O–H groups in total. The Morgan fingerprint density at radius 2 is 1.23 bits per heavy atom. The van der Waals surface area contributed by atoms with Gasteiger partial charge in [-0.15, -0.1) is 11.8 Å². The molecule has 3 aliphatic heterocycles. The van der Waals surface area contributed by atoms with Crippen LogP contribution in [-0.4, -0.2) is 101 Å². The van der Waals surface area contributed by atoms with E-state index >= 15 is 0 Å². The quantitative estimate of drug-likeness (QED) is 0.170. The first-order valence-corrected chi connectivity index (χ1v) is 20.1. The van der Waals surface area contributed by atoms with Crippen LogP contribution in [0.4, 0.5) is 14.4 Å². The monoisotopic (exact) mass is 795 g/mol. The number of nitrogens with zero attached hydrogens (tertiary/aromatic N) is 3. The number of benzene rings is 2. The molecule has 0 bridgehead atoms. The van der Waals surface area contributed by atoms with E-state index in [9.17, 15) is 19.2 Å². The predicted octanol–water partition coefficient (Wildman–Crippen LogP) is 8.92. The summed E-state index contributed by atoms with van der Waals surface area (Å²) in [6.07, 6.45) is 3.53. The van der Waals surface area contributed by atoms with Crippen molar-refractivity contribution in [2.24, 2.45) is 0 Å². The molecular formula is C38H51Cl2N3O7S2. The van der Waals surface area contributed by atoms with Crippen LogP contribution >= 0.6 is 46.7 Å². The number of fused-ring (bicyclic) bond motifs is 2. The highest BCUT2D eigenvalue weighted by molar-refractivity contribution is 8.13. The van der Waals surface area contributed by atoms with Crippen molar-refractivity contribution in [1.82, 2.24) is 14.7 Å². The number of carbonyl (C=O) groups is 4. The molecule has 3 heterocycles. The van der Waals surface area contributed by atoms with Crippen molar-refractivity contribution in [3.63, 3.8) is 0 Å². The lowest BCUT2D eigenvalue weighted by atomic mass is 10.0. The van der Waals surface area contributed by atoms with Crippen LogP contribution in [0.25, 0.3) is 0 Å². The zero-order valence-corrected chi connectivity index (χ0v) is 34.6. The number of ether oxygens (including phenoxy) is 3. The SMILES string of the molecule is CC(C)(C)OC(=O)N1CCc2ccc(Cl)c(SCC3CCC(=O)O3)c2CC1.CN(C)C(=O)Sc1c(Cl)ccc2c1CCN(C(=O)OC(C)(C)C)CC2. The molecule has 5 rings (SSSR count). The molecule has 14 heteroatoms. The molecule has 10 nitrogen and oxygen atoms in total. The van der Waals surface area contributed by atoms with Gasteiger partial charge in [0.05, 0.1) is 10.0 Å². The lowest BCUT2D eigenvalue weighted by Crippen LogP contribution is -2.38. The maximum atomic E-state index is 12.4. The summed E-state index contributed by atoms with van der Waals surface area (Å²) in [7, 11) is 3.43. The van der Waals surface area contributed by atoms with Crippen molar-refractivity contribution in [3.8, 4) is 0 Å². The summed E-state index contributed by atoms with van der Waals surface area (Å²) in [5, 5.41) is 1.22. The molecule has 0 saturated carbocycles. The van der Waals surface area contributed by atoms with E-state index in [2.05, 4.69) is 6.07 Å². The summed E-state index contributed by atoms with van der Waals surface area (Å²) in [5.74, 6) is 0.587. The summed E-state index contributed by atoms with van der Waals surface area (Å²) in [4.78, 5) is 55.1. The van der Waals surface area contributed by atoms with Gasteiger partial charge in [0.15, 0.2) is 0 Å². The average molecular weight is 797 g/mol. The Kier molecular flexibility index (Phi) is 14.5. The van der Waals surface area contributed by atoms with Gasteiger partial charge in [-0.2, -0.15) is 0 Å².